The van der Waals surface area contributed by atoms with Crippen molar-refractivity contribution < 1.29 is 4.79 Å². The van der Waals surface area contributed by atoms with E-state index in [2.05, 4.69) is 31.2 Å². The minimum Gasteiger partial charge on any atom is -0.338 e. The summed E-state index contributed by atoms with van der Waals surface area (Å²) in [5.41, 5.74) is 10.3. The lowest BCUT2D eigenvalue weighted by Crippen LogP contribution is -2.33. The second-order valence-electron chi connectivity index (χ2n) is 8.26. The van der Waals surface area contributed by atoms with Crippen LogP contribution in [0.2, 0.25) is 0 Å². The molecule has 25 heavy (non-hydrogen) atoms. The molecule has 2 heterocycles. The number of carbonyl (C=O) groups excluding carboxylic acids is 1. The standard InChI is InChI=1S/C21H25N3O/c1-12-2-7-19-15(8-12)16(9-20(23-19)13-3-4-13)21(25)24-10-14-5-6-18(22)17(14)11-24/h2,7-9,13-14,17-18H,3-6,10-11,22H2,1H3. The first-order valence-electron chi connectivity index (χ1n) is 9.56. The van der Waals surface area contributed by atoms with E-state index in [9.17, 15) is 4.79 Å². The minimum atomic E-state index is 0.168. The maximum Gasteiger partial charge on any atom is 0.254 e. The molecule has 3 atom stereocenters. The average molecular weight is 335 g/mol. The lowest BCUT2D eigenvalue weighted by Gasteiger charge is -2.20. The van der Waals surface area contributed by atoms with Gasteiger partial charge in [-0.15, -0.1) is 0 Å². The van der Waals surface area contributed by atoms with E-state index in [4.69, 9.17) is 10.7 Å². The Bertz CT molecular complexity index is 858. The van der Waals surface area contributed by atoms with Crippen LogP contribution in [0.3, 0.4) is 0 Å². The SMILES string of the molecule is Cc1ccc2nc(C3CC3)cc(C(=O)N3CC4CCC(N)C4C3)c2c1. The molecule has 2 saturated carbocycles. The number of nitrogens with two attached hydrogens (primary N) is 1. The van der Waals surface area contributed by atoms with Gasteiger partial charge in [0, 0.05) is 36.1 Å². The maximum atomic E-state index is 13.4. The van der Waals surface area contributed by atoms with Crippen LogP contribution < -0.4 is 5.73 Å². The summed E-state index contributed by atoms with van der Waals surface area (Å²) < 4.78 is 0. The molecule has 3 fully saturated rings. The van der Waals surface area contributed by atoms with Gasteiger partial charge in [0.05, 0.1) is 11.1 Å². The Morgan fingerprint density at radius 3 is 2.76 bits per heavy atom. The maximum absolute atomic E-state index is 13.4. The molecular weight excluding hydrogens is 310 g/mol. The zero-order valence-electron chi connectivity index (χ0n) is 14.7. The van der Waals surface area contributed by atoms with Crippen molar-refractivity contribution in [2.45, 2.75) is 44.6 Å². The number of aromatic nitrogens is 1. The Morgan fingerprint density at radius 2 is 2.00 bits per heavy atom. The fraction of sp³-hybridized carbons (Fsp3) is 0.524. The third-order valence-corrected chi connectivity index (χ3v) is 6.41. The zero-order chi connectivity index (χ0) is 17.1. The molecule has 2 aromatic rings. The molecule has 0 spiro atoms. The molecule has 1 aromatic carbocycles. The van der Waals surface area contributed by atoms with Gasteiger partial charge in [0.15, 0.2) is 0 Å². The number of amides is 1. The molecule has 1 amide bonds. The van der Waals surface area contributed by atoms with Crippen molar-refractivity contribution >= 4 is 16.8 Å². The number of nitrogens with zero attached hydrogens (tertiary/aromatic N) is 2. The summed E-state index contributed by atoms with van der Waals surface area (Å²) in [4.78, 5) is 20.2. The van der Waals surface area contributed by atoms with Crippen LogP contribution in [-0.2, 0) is 0 Å². The van der Waals surface area contributed by atoms with Crippen LogP contribution in [0.5, 0.6) is 0 Å². The second kappa shape index (κ2) is 5.53. The van der Waals surface area contributed by atoms with Crippen LogP contribution in [0.25, 0.3) is 10.9 Å². The van der Waals surface area contributed by atoms with Crippen molar-refractivity contribution in [3.05, 3.63) is 41.1 Å². The normalized spacial score (nSPS) is 28.6. The first kappa shape index (κ1) is 15.3. The highest BCUT2D eigenvalue weighted by Gasteiger charge is 2.43. The average Bonchev–Trinajstić information content (AvgIpc) is 3.28. The van der Waals surface area contributed by atoms with Crippen molar-refractivity contribution in [3.8, 4) is 0 Å². The summed E-state index contributed by atoms with van der Waals surface area (Å²) in [7, 11) is 0. The van der Waals surface area contributed by atoms with E-state index in [1.54, 1.807) is 0 Å². The summed E-state index contributed by atoms with van der Waals surface area (Å²) in [6.07, 6.45) is 4.67. The smallest absolute Gasteiger partial charge is 0.254 e. The van der Waals surface area contributed by atoms with Gasteiger partial charge in [-0.1, -0.05) is 11.6 Å². The Balaban J connectivity index is 1.55. The highest BCUT2D eigenvalue weighted by molar-refractivity contribution is 6.06. The van der Waals surface area contributed by atoms with Crippen LogP contribution in [0.15, 0.2) is 24.3 Å². The number of hydrogen-bond acceptors (Lipinski definition) is 3. The van der Waals surface area contributed by atoms with Crippen molar-refractivity contribution in [1.82, 2.24) is 9.88 Å². The molecule has 1 saturated heterocycles. The first-order valence-corrected chi connectivity index (χ1v) is 9.56. The fourth-order valence-corrected chi connectivity index (χ4v) is 4.77. The molecule has 4 heteroatoms. The van der Waals surface area contributed by atoms with Crippen LogP contribution >= 0.6 is 0 Å². The number of hydrogen-bond donors (Lipinski definition) is 1. The number of pyridine rings is 1. The summed E-state index contributed by atoms with van der Waals surface area (Å²) in [5, 5.41) is 0.996. The highest BCUT2D eigenvalue weighted by atomic mass is 16.2. The van der Waals surface area contributed by atoms with E-state index < -0.39 is 0 Å². The van der Waals surface area contributed by atoms with Gasteiger partial charge in [-0.05, 0) is 62.6 Å². The Morgan fingerprint density at radius 1 is 1.16 bits per heavy atom. The zero-order valence-corrected chi connectivity index (χ0v) is 14.7. The Hall–Kier alpha value is -1.94. The molecule has 3 unspecified atom stereocenters. The van der Waals surface area contributed by atoms with Crippen LogP contribution in [0, 0.1) is 18.8 Å². The molecule has 0 radical (unpaired) electrons. The largest absolute Gasteiger partial charge is 0.338 e. The number of rotatable bonds is 2. The summed E-state index contributed by atoms with van der Waals surface area (Å²) in [6, 6.07) is 8.58. The van der Waals surface area contributed by atoms with E-state index in [-0.39, 0.29) is 11.9 Å². The third-order valence-electron chi connectivity index (χ3n) is 6.41. The Labute approximate surface area is 148 Å². The predicted molar refractivity (Wildman–Crippen MR) is 98.5 cm³/mol. The summed E-state index contributed by atoms with van der Waals surface area (Å²) >= 11 is 0. The molecule has 3 aliphatic rings. The monoisotopic (exact) mass is 335 g/mol. The number of benzene rings is 1. The van der Waals surface area contributed by atoms with Crippen molar-refractivity contribution in [1.29, 1.82) is 0 Å². The molecule has 4 nitrogen and oxygen atoms in total. The van der Waals surface area contributed by atoms with E-state index in [0.717, 1.165) is 41.7 Å². The predicted octanol–water partition coefficient (Wildman–Crippen LogP) is 3.23. The fourth-order valence-electron chi connectivity index (χ4n) is 4.77. The number of fused-ring (bicyclic) bond motifs is 2. The van der Waals surface area contributed by atoms with Crippen LogP contribution in [0.1, 0.15) is 53.2 Å². The van der Waals surface area contributed by atoms with E-state index in [0.29, 0.717) is 17.8 Å². The van der Waals surface area contributed by atoms with E-state index in [1.165, 1.54) is 24.8 Å². The van der Waals surface area contributed by atoms with Gasteiger partial charge in [0.1, 0.15) is 0 Å². The van der Waals surface area contributed by atoms with Crippen LogP contribution in [-0.4, -0.2) is 34.9 Å². The Kier molecular flexibility index (Phi) is 3.39. The van der Waals surface area contributed by atoms with Crippen molar-refractivity contribution in [2.75, 3.05) is 13.1 Å². The number of carbonyl (C=O) groups is 1. The second-order valence-corrected chi connectivity index (χ2v) is 8.26. The first-order chi connectivity index (χ1) is 12.1. The van der Waals surface area contributed by atoms with Gasteiger partial charge in [-0.2, -0.15) is 0 Å². The quantitative estimate of drug-likeness (QED) is 0.916. The molecule has 130 valence electrons. The number of likely N-dealkylation sites (tertiary alicyclic amines) is 1. The minimum absolute atomic E-state index is 0.168. The highest BCUT2D eigenvalue weighted by Crippen LogP contribution is 2.41. The van der Waals surface area contributed by atoms with Crippen molar-refractivity contribution in [3.63, 3.8) is 0 Å². The van der Waals surface area contributed by atoms with Gasteiger partial charge in [0.2, 0.25) is 0 Å². The van der Waals surface area contributed by atoms with Crippen molar-refractivity contribution in [2.24, 2.45) is 17.6 Å². The number of aryl methyl sites for hydroxylation is 1. The van der Waals surface area contributed by atoms with Gasteiger partial charge in [-0.3, -0.25) is 9.78 Å². The lowest BCUT2D eigenvalue weighted by atomic mass is 9.98. The van der Waals surface area contributed by atoms with Gasteiger partial charge < -0.3 is 10.6 Å². The van der Waals surface area contributed by atoms with Gasteiger partial charge >= 0.3 is 0 Å². The molecule has 1 aliphatic heterocycles. The molecule has 1 aromatic heterocycles. The summed E-state index contributed by atoms with van der Waals surface area (Å²) in [5.74, 6) is 1.79. The molecule has 5 rings (SSSR count). The van der Waals surface area contributed by atoms with E-state index >= 15 is 0 Å². The lowest BCUT2D eigenvalue weighted by molar-refractivity contribution is 0.0781. The van der Waals surface area contributed by atoms with Gasteiger partial charge in [0.25, 0.3) is 5.91 Å². The topological polar surface area (TPSA) is 59.2 Å². The molecule has 0 bridgehead atoms. The van der Waals surface area contributed by atoms with Crippen LogP contribution in [0.4, 0.5) is 0 Å². The summed E-state index contributed by atoms with van der Waals surface area (Å²) in [6.45, 7) is 3.76. The van der Waals surface area contributed by atoms with Gasteiger partial charge in [-0.25, -0.2) is 0 Å². The molecular formula is C21H25N3O. The third kappa shape index (κ3) is 2.54. The van der Waals surface area contributed by atoms with E-state index in [1.807, 2.05) is 4.90 Å². The molecule has 2 N–H and O–H groups in total. The molecule has 2 aliphatic carbocycles.